The maximum atomic E-state index is 12.7. The number of carbonyl (C=O) groups is 1. The lowest BCUT2D eigenvalue weighted by molar-refractivity contribution is 0.0946. The first-order valence-corrected chi connectivity index (χ1v) is 10.8. The highest BCUT2D eigenvalue weighted by molar-refractivity contribution is 5.96. The number of hydrogen-bond acceptors (Lipinski definition) is 5. The van der Waals surface area contributed by atoms with Gasteiger partial charge >= 0.3 is 0 Å². The summed E-state index contributed by atoms with van der Waals surface area (Å²) in [6, 6.07) is 22.7. The van der Waals surface area contributed by atoms with Crippen LogP contribution in [-0.2, 0) is 13.1 Å². The first kappa shape index (κ1) is 22.2. The predicted octanol–water partition coefficient (Wildman–Crippen LogP) is 4.45. The van der Waals surface area contributed by atoms with Gasteiger partial charge in [-0.15, -0.1) is 0 Å². The molecule has 0 fully saturated rings. The Bertz CT molecular complexity index is 1240. The average Bonchev–Trinajstić information content (AvgIpc) is 3.22. The third-order valence-electron chi connectivity index (χ3n) is 5.34. The van der Waals surface area contributed by atoms with Gasteiger partial charge in [-0.2, -0.15) is 0 Å². The number of benzene rings is 3. The van der Waals surface area contributed by atoms with Crippen LogP contribution in [0, 0.1) is 0 Å². The molecule has 33 heavy (non-hydrogen) atoms. The maximum absolute atomic E-state index is 12.7. The van der Waals surface area contributed by atoms with Crippen molar-refractivity contribution in [3.8, 4) is 17.2 Å². The quantitative estimate of drug-likeness (QED) is 0.365. The van der Waals surface area contributed by atoms with Crippen LogP contribution in [-0.4, -0.2) is 36.3 Å². The zero-order valence-electron chi connectivity index (χ0n) is 18.8. The van der Waals surface area contributed by atoms with E-state index < -0.39 is 0 Å². The smallest absolute Gasteiger partial charge is 0.255 e. The Morgan fingerprint density at radius 3 is 2.33 bits per heavy atom. The van der Waals surface area contributed by atoms with E-state index >= 15 is 0 Å². The van der Waals surface area contributed by atoms with Gasteiger partial charge in [0.15, 0.2) is 11.5 Å². The molecule has 0 spiro atoms. The fourth-order valence-corrected chi connectivity index (χ4v) is 3.74. The molecule has 0 bridgehead atoms. The van der Waals surface area contributed by atoms with Crippen molar-refractivity contribution in [2.24, 2.45) is 0 Å². The molecule has 1 N–H and O–H groups in total. The second kappa shape index (κ2) is 10.5. The van der Waals surface area contributed by atoms with Crippen LogP contribution in [0.2, 0.25) is 0 Å². The summed E-state index contributed by atoms with van der Waals surface area (Å²) in [6.07, 6.45) is 0.770. The van der Waals surface area contributed by atoms with Crippen LogP contribution in [0.15, 0.2) is 72.8 Å². The van der Waals surface area contributed by atoms with Crippen LogP contribution in [0.5, 0.6) is 17.2 Å². The van der Waals surface area contributed by atoms with E-state index in [-0.39, 0.29) is 5.91 Å². The summed E-state index contributed by atoms with van der Waals surface area (Å²) in [5.74, 6) is 2.56. The van der Waals surface area contributed by atoms with Crippen LogP contribution in [0.1, 0.15) is 22.6 Å². The van der Waals surface area contributed by atoms with Crippen molar-refractivity contribution in [2.75, 3.05) is 20.8 Å². The molecule has 1 amide bonds. The number of aromatic nitrogens is 2. The van der Waals surface area contributed by atoms with E-state index in [1.165, 1.54) is 0 Å². The molecule has 0 radical (unpaired) electrons. The topological polar surface area (TPSA) is 74.6 Å². The first-order valence-electron chi connectivity index (χ1n) is 10.8. The number of imidazole rings is 1. The van der Waals surface area contributed by atoms with Crippen molar-refractivity contribution >= 4 is 16.9 Å². The van der Waals surface area contributed by atoms with E-state index in [9.17, 15) is 4.79 Å². The summed E-state index contributed by atoms with van der Waals surface area (Å²) in [5.41, 5.74) is 2.41. The van der Waals surface area contributed by atoms with Crippen molar-refractivity contribution in [1.82, 2.24) is 14.9 Å². The van der Waals surface area contributed by atoms with Gasteiger partial charge in [-0.05, 0) is 42.8 Å². The van der Waals surface area contributed by atoms with Crippen molar-refractivity contribution in [3.05, 3.63) is 84.2 Å². The molecule has 4 aromatic rings. The van der Waals surface area contributed by atoms with Gasteiger partial charge in [0.2, 0.25) is 0 Å². The average molecular weight is 446 g/mol. The Morgan fingerprint density at radius 2 is 1.55 bits per heavy atom. The SMILES string of the molecule is COc1ccccc1OCCCn1c(CNC(=O)c2ccccc2OC)nc2ccccc21. The van der Waals surface area contributed by atoms with Crippen LogP contribution >= 0.6 is 0 Å². The zero-order valence-corrected chi connectivity index (χ0v) is 18.8. The van der Waals surface area contributed by atoms with Crippen molar-refractivity contribution in [3.63, 3.8) is 0 Å². The lowest BCUT2D eigenvalue weighted by atomic mass is 10.2. The Labute approximate surface area is 192 Å². The van der Waals surface area contributed by atoms with Gasteiger partial charge in [-0.3, -0.25) is 4.79 Å². The Balaban J connectivity index is 1.45. The number of para-hydroxylation sites is 5. The molecule has 1 heterocycles. The number of hydrogen-bond donors (Lipinski definition) is 1. The molecule has 0 saturated carbocycles. The largest absolute Gasteiger partial charge is 0.496 e. The Kier molecular flexibility index (Phi) is 7.09. The predicted molar refractivity (Wildman–Crippen MR) is 127 cm³/mol. The fraction of sp³-hybridized carbons (Fsp3) is 0.231. The van der Waals surface area contributed by atoms with Crippen LogP contribution < -0.4 is 19.5 Å². The van der Waals surface area contributed by atoms with Gasteiger partial charge in [0.25, 0.3) is 5.91 Å². The monoisotopic (exact) mass is 445 g/mol. The number of rotatable bonds is 10. The third kappa shape index (κ3) is 5.09. The Morgan fingerprint density at radius 1 is 0.879 bits per heavy atom. The standard InChI is InChI=1S/C26H27N3O4/c1-31-22-13-6-3-10-19(22)26(30)27-18-25-28-20-11-4-5-12-21(20)29(25)16-9-17-33-24-15-8-7-14-23(24)32-2/h3-8,10-15H,9,16-18H2,1-2H3,(H,27,30). The number of ether oxygens (including phenoxy) is 3. The van der Waals surface area contributed by atoms with E-state index in [0.717, 1.165) is 29.0 Å². The number of aryl methyl sites for hydroxylation is 1. The van der Waals surface area contributed by atoms with Gasteiger partial charge in [0.05, 0.1) is 44.0 Å². The summed E-state index contributed by atoms with van der Waals surface area (Å²) in [4.78, 5) is 17.5. The highest BCUT2D eigenvalue weighted by Crippen LogP contribution is 2.26. The summed E-state index contributed by atoms with van der Waals surface area (Å²) < 4.78 is 18.7. The molecule has 0 aliphatic carbocycles. The molecule has 0 saturated heterocycles. The molecule has 170 valence electrons. The maximum Gasteiger partial charge on any atom is 0.255 e. The molecular formula is C26H27N3O4. The molecule has 0 aliphatic heterocycles. The number of nitrogens with one attached hydrogen (secondary N) is 1. The van der Waals surface area contributed by atoms with Crippen molar-refractivity contribution in [1.29, 1.82) is 0 Å². The highest BCUT2D eigenvalue weighted by Gasteiger charge is 2.15. The highest BCUT2D eigenvalue weighted by atomic mass is 16.5. The van der Waals surface area contributed by atoms with E-state index in [2.05, 4.69) is 9.88 Å². The second-order valence-electron chi connectivity index (χ2n) is 7.40. The number of nitrogens with zero attached hydrogens (tertiary/aromatic N) is 2. The zero-order chi connectivity index (χ0) is 23.0. The van der Waals surface area contributed by atoms with Crippen molar-refractivity contribution in [2.45, 2.75) is 19.5 Å². The van der Waals surface area contributed by atoms with Gasteiger partial charge in [-0.25, -0.2) is 4.98 Å². The normalized spacial score (nSPS) is 10.7. The van der Waals surface area contributed by atoms with Gasteiger partial charge in [0, 0.05) is 6.54 Å². The second-order valence-corrected chi connectivity index (χ2v) is 7.40. The number of methoxy groups -OCH3 is 2. The summed E-state index contributed by atoms with van der Waals surface area (Å²) in [5, 5.41) is 2.97. The third-order valence-corrected chi connectivity index (χ3v) is 5.34. The number of amides is 1. The van der Waals surface area contributed by atoms with E-state index in [1.807, 2.05) is 60.7 Å². The molecule has 4 rings (SSSR count). The molecular weight excluding hydrogens is 418 g/mol. The van der Waals surface area contributed by atoms with E-state index in [0.29, 0.717) is 36.8 Å². The fourth-order valence-electron chi connectivity index (χ4n) is 3.74. The minimum absolute atomic E-state index is 0.203. The molecule has 0 aliphatic rings. The van der Waals surface area contributed by atoms with Crippen LogP contribution in [0.4, 0.5) is 0 Å². The number of fused-ring (bicyclic) bond motifs is 1. The van der Waals surface area contributed by atoms with Gasteiger partial charge in [0.1, 0.15) is 11.6 Å². The van der Waals surface area contributed by atoms with E-state index in [1.54, 1.807) is 26.4 Å². The van der Waals surface area contributed by atoms with Crippen molar-refractivity contribution < 1.29 is 19.0 Å². The van der Waals surface area contributed by atoms with Crippen LogP contribution in [0.3, 0.4) is 0 Å². The summed E-state index contributed by atoms with van der Waals surface area (Å²) in [6.45, 7) is 1.54. The molecule has 7 nitrogen and oxygen atoms in total. The number of carbonyl (C=O) groups excluding carboxylic acids is 1. The molecule has 0 atom stereocenters. The Hall–Kier alpha value is -4.00. The minimum atomic E-state index is -0.203. The molecule has 7 heteroatoms. The lowest BCUT2D eigenvalue weighted by Crippen LogP contribution is -2.25. The first-order chi connectivity index (χ1) is 16.2. The lowest BCUT2D eigenvalue weighted by Gasteiger charge is -2.13. The molecule has 0 unspecified atom stereocenters. The molecule has 3 aromatic carbocycles. The van der Waals surface area contributed by atoms with E-state index in [4.69, 9.17) is 19.2 Å². The van der Waals surface area contributed by atoms with Gasteiger partial charge in [-0.1, -0.05) is 36.4 Å². The van der Waals surface area contributed by atoms with Gasteiger partial charge < -0.3 is 24.1 Å². The minimum Gasteiger partial charge on any atom is -0.496 e. The van der Waals surface area contributed by atoms with Crippen LogP contribution in [0.25, 0.3) is 11.0 Å². The summed E-state index contributed by atoms with van der Waals surface area (Å²) >= 11 is 0. The summed E-state index contributed by atoms with van der Waals surface area (Å²) in [7, 11) is 3.18. The molecule has 1 aromatic heterocycles.